The highest BCUT2D eigenvalue weighted by molar-refractivity contribution is 6.21. The van der Waals surface area contributed by atoms with Gasteiger partial charge < -0.3 is 9.47 Å². The molecule has 318 valence electrons. The lowest BCUT2D eigenvalue weighted by Gasteiger charge is -2.27. The van der Waals surface area contributed by atoms with Crippen LogP contribution in [0.3, 0.4) is 0 Å². The van der Waals surface area contributed by atoms with Crippen molar-refractivity contribution in [3.63, 3.8) is 0 Å². The molecule has 13 aromatic rings. The predicted octanol–water partition coefficient (Wildman–Crippen LogP) is 18.4. The standard InChI is InChI=1S/C66H44N2/c1-3-16-45(17-4-1)50-22-15-23-54(42-50)67(53-37-32-49(33-38-53)62-43-51-21-8-9-24-56(51)59-26-11-12-27-60(59)62)52-35-30-48(31-36-52)57-40-39-55(44-63(57)46-18-5-2-6-19-46)68-64-29-14-13-28-61(64)66-58-25-10-7-20-47(58)34-41-65(66)68/h1-44H. The zero-order chi connectivity index (χ0) is 45.0. The second-order valence-corrected chi connectivity index (χ2v) is 17.7. The van der Waals surface area contributed by atoms with E-state index in [1.807, 2.05) is 0 Å². The van der Waals surface area contributed by atoms with Gasteiger partial charge in [-0.2, -0.15) is 0 Å². The highest BCUT2D eigenvalue weighted by atomic mass is 15.1. The summed E-state index contributed by atoms with van der Waals surface area (Å²) in [5.41, 5.74) is 16.3. The predicted molar refractivity (Wildman–Crippen MR) is 290 cm³/mol. The molecule has 0 atom stereocenters. The Morgan fingerprint density at radius 3 is 1.54 bits per heavy atom. The molecular weight excluding hydrogens is 821 g/mol. The van der Waals surface area contributed by atoms with E-state index in [1.54, 1.807) is 0 Å². The van der Waals surface area contributed by atoms with E-state index < -0.39 is 0 Å². The van der Waals surface area contributed by atoms with Gasteiger partial charge in [0, 0.05) is 33.5 Å². The average molecular weight is 865 g/mol. The minimum Gasteiger partial charge on any atom is -0.310 e. The fourth-order valence-electron chi connectivity index (χ4n) is 10.6. The molecule has 0 unspecified atom stereocenters. The number of hydrogen-bond donors (Lipinski definition) is 0. The number of fused-ring (bicyclic) bond motifs is 8. The van der Waals surface area contributed by atoms with Gasteiger partial charge >= 0.3 is 0 Å². The van der Waals surface area contributed by atoms with Crippen molar-refractivity contribution in [2.24, 2.45) is 0 Å². The van der Waals surface area contributed by atoms with E-state index in [0.29, 0.717) is 0 Å². The topological polar surface area (TPSA) is 8.17 Å². The van der Waals surface area contributed by atoms with Crippen molar-refractivity contribution >= 4 is 71.2 Å². The van der Waals surface area contributed by atoms with E-state index >= 15 is 0 Å². The third kappa shape index (κ3) is 6.73. The van der Waals surface area contributed by atoms with Crippen LogP contribution in [0, 0.1) is 0 Å². The SMILES string of the molecule is c1ccc(-c2cccc(N(c3ccc(-c4ccc(-n5c6ccccc6c6c7ccccc7ccc65)cc4-c4ccccc4)cc3)c3ccc(-c4cc5ccccc5c5ccccc45)cc3)c2)cc1. The van der Waals surface area contributed by atoms with Gasteiger partial charge in [-0.25, -0.2) is 0 Å². The number of nitrogens with zero attached hydrogens (tertiary/aromatic N) is 2. The maximum absolute atomic E-state index is 2.44. The van der Waals surface area contributed by atoms with E-state index in [4.69, 9.17) is 0 Å². The average Bonchev–Trinajstić information content (AvgIpc) is 3.76. The first-order valence-corrected chi connectivity index (χ1v) is 23.4. The van der Waals surface area contributed by atoms with Gasteiger partial charge in [-0.3, -0.25) is 0 Å². The number of benzene rings is 12. The minimum absolute atomic E-state index is 1.08. The lowest BCUT2D eigenvalue weighted by Crippen LogP contribution is -2.10. The molecule has 0 amide bonds. The third-order valence-corrected chi connectivity index (χ3v) is 13.8. The summed E-state index contributed by atoms with van der Waals surface area (Å²) in [6.07, 6.45) is 0. The maximum atomic E-state index is 2.44. The van der Waals surface area contributed by atoms with Crippen LogP contribution in [0.4, 0.5) is 17.1 Å². The summed E-state index contributed by atoms with van der Waals surface area (Å²) in [4.78, 5) is 2.38. The van der Waals surface area contributed by atoms with E-state index in [0.717, 1.165) is 28.3 Å². The molecule has 0 fully saturated rings. The van der Waals surface area contributed by atoms with Crippen molar-refractivity contribution in [3.05, 3.63) is 267 Å². The molecule has 2 nitrogen and oxygen atoms in total. The van der Waals surface area contributed by atoms with Crippen molar-refractivity contribution in [3.8, 4) is 50.2 Å². The van der Waals surface area contributed by atoms with Crippen molar-refractivity contribution in [2.45, 2.75) is 0 Å². The van der Waals surface area contributed by atoms with E-state index in [2.05, 4.69) is 276 Å². The van der Waals surface area contributed by atoms with Gasteiger partial charge in [0.25, 0.3) is 0 Å². The second kappa shape index (κ2) is 16.5. The van der Waals surface area contributed by atoms with Crippen LogP contribution in [-0.4, -0.2) is 4.57 Å². The van der Waals surface area contributed by atoms with Gasteiger partial charge in [0.05, 0.1) is 11.0 Å². The number of aromatic nitrogens is 1. The molecule has 1 aromatic heterocycles. The molecule has 0 aliphatic rings. The Kier molecular flexibility index (Phi) is 9.54. The monoisotopic (exact) mass is 864 g/mol. The summed E-state index contributed by atoms with van der Waals surface area (Å²) in [5, 5.41) is 10.1. The molecular formula is C66H44N2. The first-order valence-electron chi connectivity index (χ1n) is 23.4. The summed E-state index contributed by atoms with van der Waals surface area (Å²) >= 11 is 0. The Morgan fingerprint density at radius 1 is 0.250 bits per heavy atom. The zero-order valence-electron chi connectivity index (χ0n) is 37.3. The molecule has 0 N–H and O–H groups in total. The van der Waals surface area contributed by atoms with Crippen LogP contribution in [0.1, 0.15) is 0 Å². The Hall–Kier alpha value is -8.98. The first-order chi connectivity index (χ1) is 33.7. The van der Waals surface area contributed by atoms with Gasteiger partial charge in [-0.15, -0.1) is 0 Å². The lowest BCUT2D eigenvalue weighted by molar-refractivity contribution is 1.18. The van der Waals surface area contributed by atoms with Crippen LogP contribution in [0.5, 0.6) is 0 Å². The normalized spacial score (nSPS) is 11.5. The van der Waals surface area contributed by atoms with Crippen LogP contribution in [-0.2, 0) is 0 Å². The Morgan fingerprint density at radius 2 is 0.809 bits per heavy atom. The molecule has 68 heavy (non-hydrogen) atoms. The zero-order valence-corrected chi connectivity index (χ0v) is 37.3. The van der Waals surface area contributed by atoms with Crippen LogP contribution < -0.4 is 4.90 Å². The fraction of sp³-hybridized carbons (Fsp3) is 0. The molecule has 0 bridgehead atoms. The maximum Gasteiger partial charge on any atom is 0.0547 e. The largest absolute Gasteiger partial charge is 0.310 e. The van der Waals surface area contributed by atoms with Crippen LogP contribution in [0.2, 0.25) is 0 Å². The lowest BCUT2D eigenvalue weighted by atomic mass is 9.93. The van der Waals surface area contributed by atoms with Gasteiger partial charge in [0.1, 0.15) is 0 Å². The molecule has 0 radical (unpaired) electrons. The van der Waals surface area contributed by atoms with Crippen molar-refractivity contribution in [2.75, 3.05) is 4.90 Å². The van der Waals surface area contributed by atoms with Gasteiger partial charge in [-0.05, 0) is 144 Å². The Labute approximate surface area is 395 Å². The van der Waals surface area contributed by atoms with Gasteiger partial charge in [0.15, 0.2) is 0 Å². The summed E-state index contributed by atoms with van der Waals surface area (Å²) in [7, 11) is 0. The molecule has 0 aliphatic carbocycles. The fourth-order valence-corrected chi connectivity index (χ4v) is 10.6. The summed E-state index contributed by atoms with van der Waals surface area (Å²) in [6.45, 7) is 0. The molecule has 0 spiro atoms. The Balaban J connectivity index is 0.930. The van der Waals surface area contributed by atoms with Crippen molar-refractivity contribution in [1.29, 1.82) is 0 Å². The van der Waals surface area contributed by atoms with Crippen LogP contribution >= 0.6 is 0 Å². The number of rotatable bonds is 8. The summed E-state index contributed by atoms with van der Waals surface area (Å²) in [5.74, 6) is 0. The highest BCUT2D eigenvalue weighted by Gasteiger charge is 2.19. The highest BCUT2D eigenvalue weighted by Crippen LogP contribution is 2.43. The number of hydrogen-bond acceptors (Lipinski definition) is 1. The molecule has 1 heterocycles. The smallest absolute Gasteiger partial charge is 0.0547 e. The van der Waals surface area contributed by atoms with Crippen LogP contribution in [0.25, 0.3) is 104 Å². The molecule has 13 rings (SSSR count). The second-order valence-electron chi connectivity index (χ2n) is 17.7. The minimum atomic E-state index is 1.08. The van der Waals surface area contributed by atoms with E-state index in [1.165, 1.54) is 93.1 Å². The van der Waals surface area contributed by atoms with Crippen LogP contribution in [0.15, 0.2) is 267 Å². The molecule has 0 saturated heterocycles. The van der Waals surface area contributed by atoms with Crippen molar-refractivity contribution < 1.29 is 0 Å². The molecule has 2 heteroatoms. The van der Waals surface area contributed by atoms with Gasteiger partial charge in [0.2, 0.25) is 0 Å². The quantitative estimate of drug-likeness (QED) is 0.138. The van der Waals surface area contributed by atoms with E-state index in [9.17, 15) is 0 Å². The third-order valence-electron chi connectivity index (χ3n) is 13.8. The summed E-state index contributed by atoms with van der Waals surface area (Å²) < 4.78 is 2.44. The van der Waals surface area contributed by atoms with Crippen molar-refractivity contribution in [1.82, 2.24) is 4.57 Å². The van der Waals surface area contributed by atoms with Gasteiger partial charge in [-0.1, -0.05) is 200 Å². The van der Waals surface area contributed by atoms with E-state index in [-0.39, 0.29) is 0 Å². The Bertz CT molecular complexity index is 4000. The molecule has 0 saturated carbocycles. The number of anilines is 3. The first kappa shape index (κ1) is 39.4. The number of para-hydroxylation sites is 1. The molecule has 12 aromatic carbocycles. The molecule has 0 aliphatic heterocycles. The summed E-state index contributed by atoms with van der Waals surface area (Å²) in [6, 6.07) is 97.4.